The first-order valence-corrected chi connectivity index (χ1v) is 14.3. The van der Waals surface area contributed by atoms with Gasteiger partial charge in [-0.2, -0.15) is 0 Å². The van der Waals surface area contributed by atoms with Gasteiger partial charge < -0.3 is 19.5 Å². The Balaban J connectivity index is 1.30. The number of hydrogen-bond acceptors (Lipinski definition) is 8. The van der Waals surface area contributed by atoms with Crippen LogP contribution >= 0.6 is 23.1 Å². The number of Topliss-reactive ketones (excluding diaryl/α,β-unsaturated/α-hetero) is 2. The topological polar surface area (TPSA) is 81.9 Å². The number of piperidine rings is 2. The van der Waals surface area contributed by atoms with Crippen molar-refractivity contribution >= 4 is 50.3 Å². The van der Waals surface area contributed by atoms with Gasteiger partial charge in [0.15, 0.2) is 0 Å². The Labute approximate surface area is 230 Å². The van der Waals surface area contributed by atoms with Gasteiger partial charge in [0.1, 0.15) is 26.3 Å². The summed E-state index contributed by atoms with van der Waals surface area (Å²) in [4.78, 5) is 29.2. The summed E-state index contributed by atoms with van der Waals surface area (Å²) in [5, 5.41) is 15.3. The van der Waals surface area contributed by atoms with Crippen LogP contribution in [0.15, 0.2) is 40.5 Å². The highest BCUT2D eigenvalue weighted by atomic mass is 32.2. The summed E-state index contributed by atoms with van der Waals surface area (Å²) in [5.41, 5.74) is -0.0372. The minimum absolute atomic E-state index is 0.0186. The predicted molar refractivity (Wildman–Crippen MR) is 148 cm³/mol. The van der Waals surface area contributed by atoms with Crippen LogP contribution in [0.1, 0.15) is 30.6 Å². The second-order valence-electron chi connectivity index (χ2n) is 9.42. The molecule has 0 saturated carbocycles. The molecule has 38 heavy (non-hydrogen) atoms. The molecule has 0 spiro atoms. The lowest BCUT2D eigenvalue weighted by Crippen LogP contribution is -2.36. The SMILES string of the molecule is C#CCOC1CCN(c2ccc(C3=C([O-])/C(=C4\C=CC(=[N+]5CCC(OCC#C)CC5)S4)C(=O)C3=O)s2)CC1. The first kappa shape index (κ1) is 26.5. The number of terminal acetylenes is 2. The van der Waals surface area contributed by atoms with Crippen molar-refractivity contribution in [3.8, 4) is 24.7 Å². The van der Waals surface area contributed by atoms with Crippen molar-refractivity contribution in [1.82, 2.24) is 0 Å². The zero-order chi connectivity index (χ0) is 26.6. The lowest BCUT2D eigenvalue weighted by atomic mass is 10.1. The molecular formula is C29H28N2O5S2. The van der Waals surface area contributed by atoms with Crippen molar-refractivity contribution in [3.63, 3.8) is 0 Å². The quantitative estimate of drug-likeness (QED) is 0.234. The number of ether oxygens (including phenoxy) is 2. The summed E-state index contributed by atoms with van der Waals surface area (Å²) in [5.74, 6) is 3.08. The average molecular weight is 549 g/mol. The molecule has 4 aliphatic rings. The summed E-state index contributed by atoms with van der Waals surface area (Å²) in [6, 6.07) is 3.69. The van der Waals surface area contributed by atoms with E-state index in [4.69, 9.17) is 22.3 Å². The van der Waals surface area contributed by atoms with Crippen LogP contribution in [-0.2, 0) is 19.1 Å². The predicted octanol–water partition coefficient (Wildman–Crippen LogP) is 2.37. The van der Waals surface area contributed by atoms with Crippen LogP contribution in [0.2, 0.25) is 0 Å². The van der Waals surface area contributed by atoms with Crippen LogP contribution in [0.5, 0.6) is 0 Å². The maximum atomic E-state index is 13.4. The summed E-state index contributed by atoms with van der Waals surface area (Å²) in [6.45, 7) is 3.83. The summed E-state index contributed by atoms with van der Waals surface area (Å²) < 4.78 is 13.5. The van der Waals surface area contributed by atoms with E-state index in [2.05, 4.69) is 21.3 Å². The Bertz CT molecular complexity index is 1340. The van der Waals surface area contributed by atoms with E-state index in [1.165, 1.54) is 23.1 Å². The number of anilines is 1. The van der Waals surface area contributed by atoms with Crippen molar-refractivity contribution in [2.75, 3.05) is 44.3 Å². The Kier molecular flexibility index (Phi) is 8.21. The number of hydrogen-bond donors (Lipinski definition) is 0. The number of rotatable bonds is 6. The molecule has 7 nitrogen and oxygen atoms in total. The lowest BCUT2D eigenvalue weighted by molar-refractivity contribution is -0.538. The molecule has 3 aliphatic heterocycles. The van der Waals surface area contributed by atoms with Crippen LogP contribution in [0.4, 0.5) is 5.00 Å². The molecule has 1 aromatic rings. The number of nitrogens with zero attached hydrogens (tertiary/aromatic N) is 2. The van der Waals surface area contributed by atoms with Gasteiger partial charge in [0.2, 0.25) is 16.6 Å². The number of carbonyl (C=O) groups excluding carboxylic acids is 2. The van der Waals surface area contributed by atoms with Crippen LogP contribution < -0.4 is 10.0 Å². The van der Waals surface area contributed by atoms with Crippen LogP contribution in [-0.4, -0.2) is 72.8 Å². The van der Waals surface area contributed by atoms with Gasteiger partial charge in [-0.15, -0.1) is 24.2 Å². The summed E-state index contributed by atoms with van der Waals surface area (Å²) in [7, 11) is 0. The minimum Gasteiger partial charge on any atom is -0.871 e. The number of ketones is 2. The Morgan fingerprint density at radius 3 is 2.24 bits per heavy atom. The molecular weight excluding hydrogens is 520 g/mol. The molecule has 1 aromatic heterocycles. The second kappa shape index (κ2) is 11.8. The smallest absolute Gasteiger partial charge is 0.239 e. The third-order valence-corrected chi connectivity index (χ3v) is 9.43. The van der Waals surface area contributed by atoms with Crippen molar-refractivity contribution in [3.05, 3.63) is 45.4 Å². The molecule has 0 N–H and O–H groups in total. The van der Waals surface area contributed by atoms with Crippen molar-refractivity contribution in [2.45, 2.75) is 37.9 Å². The average Bonchev–Trinajstić information content (AvgIpc) is 3.66. The lowest BCUT2D eigenvalue weighted by Gasteiger charge is -2.32. The number of thiophene rings is 1. The van der Waals surface area contributed by atoms with E-state index in [-0.39, 0.29) is 23.4 Å². The molecule has 0 atom stereocenters. The van der Waals surface area contributed by atoms with Gasteiger partial charge in [-0.1, -0.05) is 17.6 Å². The molecule has 4 heterocycles. The van der Waals surface area contributed by atoms with Gasteiger partial charge in [0.25, 0.3) is 0 Å². The van der Waals surface area contributed by atoms with E-state index < -0.39 is 17.3 Å². The van der Waals surface area contributed by atoms with E-state index in [0.717, 1.165) is 61.9 Å². The molecule has 0 bridgehead atoms. The van der Waals surface area contributed by atoms with E-state index in [1.807, 2.05) is 12.1 Å². The number of thioether (sulfide) groups is 1. The fourth-order valence-corrected chi connectivity index (χ4v) is 7.28. The molecule has 196 valence electrons. The van der Waals surface area contributed by atoms with E-state index >= 15 is 0 Å². The van der Waals surface area contributed by atoms with Crippen molar-refractivity contribution < 1.29 is 28.7 Å². The molecule has 0 aromatic carbocycles. The highest BCUT2D eigenvalue weighted by molar-refractivity contribution is 8.18. The standard InChI is InChI=1S/C29H28N2O5S2/c1-3-17-35-19-9-13-30(14-10-19)23-7-5-21(37-23)25-27(32)26(29(34)28(25)33)22-6-8-24(38-22)31-15-11-20(12-16-31)36-18-4-2/h1-2,5-8,19-20H,9-18H2. The first-order chi connectivity index (χ1) is 18.5. The van der Waals surface area contributed by atoms with Crippen molar-refractivity contribution in [1.29, 1.82) is 0 Å². The third kappa shape index (κ3) is 5.39. The molecule has 1 aliphatic carbocycles. The highest BCUT2D eigenvalue weighted by Gasteiger charge is 2.37. The van der Waals surface area contributed by atoms with Crippen LogP contribution in [0.25, 0.3) is 5.57 Å². The zero-order valence-electron chi connectivity index (χ0n) is 20.9. The Morgan fingerprint density at radius 2 is 1.58 bits per heavy atom. The molecule has 2 saturated heterocycles. The Hall–Kier alpha value is -3.08. The zero-order valence-corrected chi connectivity index (χ0v) is 22.6. The normalized spacial score (nSPS) is 24.5. The van der Waals surface area contributed by atoms with Crippen LogP contribution in [0, 0.1) is 24.7 Å². The fourth-order valence-electron chi connectivity index (χ4n) is 5.09. The molecule has 9 heteroatoms. The third-order valence-electron chi connectivity index (χ3n) is 7.10. The fraction of sp³-hybridized carbons (Fsp3) is 0.414. The maximum absolute atomic E-state index is 13.4. The van der Waals surface area contributed by atoms with E-state index in [1.54, 1.807) is 12.1 Å². The molecule has 5 rings (SSSR count). The van der Waals surface area contributed by atoms with Crippen molar-refractivity contribution in [2.24, 2.45) is 0 Å². The largest absolute Gasteiger partial charge is 0.871 e. The molecule has 2 fully saturated rings. The van der Waals surface area contributed by atoms with Gasteiger partial charge in [0, 0.05) is 52.9 Å². The van der Waals surface area contributed by atoms with Gasteiger partial charge in [0.05, 0.1) is 17.2 Å². The summed E-state index contributed by atoms with van der Waals surface area (Å²) in [6.07, 6.45) is 18.0. The van der Waals surface area contributed by atoms with Gasteiger partial charge in [-0.3, -0.25) is 9.59 Å². The highest BCUT2D eigenvalue weighted by Crippen LogP contribution is 2.41. The molecule has 0 radical (unpaired) electrons. The second-order valence-corrected chi connectivity index (χ2v) is 11.5. The van der Waals surface area contributed by atoms with Gasteiger partial charge in [-0.05, 0) is 42.8 Å². The minimum atomic E-state index is -0.721. The van der Waals surface area contributed by atoms with Gasteiger partial charge >= 0.3 is 0 Å². The summed E-state index contributed by atoms with van der Waals surface area (Å²) >= 11 is 2.75. The number of carbonyl (C=O) groups is 2. The van der Waals surface area contributed by atoms with E-state index in [9.17, 15) is 14.7 Å². The van der Waals surface area contributed by atoms with Gasteiger partial charge in [-0.25, -0.2) is 4.58 Å². The first-order valence-electron chi connectivity index (χ1n) is 12.7. The Morgan fingerprint density at radius 1 is 0.947 bits per heavy atom. The monoisotopic (exact) mass is 548 g/mol. The molecule has 0 unspecified atom stereocenters. The van der Waals surface area contributed by atoms with E-state index in [0.29, 0.717) is 23.0 Å². The maximum Gasteiger partial charge on any atom is 0.239 e. The molecule has 0 amide bonds. The number of allylic oxidation sites excluding steroid dienone is 3. The van der Waals surface area contributed by atoms with Crippen LogP contribution in [0.3, 0.4) is 0 Å².